The van der Waals surface area contributed by atoms with Crippen molar-refractivity contribution in [2.24, 2.45) is 4.99 Å². The first-order chi connectivity index (χ1) is 9.15. The maximum absolute atomic E-state index is 10.9. The number of carboxylic acid groups (broad SMARTS) is 1. The predicted octanol–water partition coefficient (Wildman–Crippen LogP) is 1.91. The Balaban J connectivity index is 2.50. The molecule has 1 aliphatic heterocycles. The van der Waals surface area contributed by atoms with Crippen LogP contribution in [0.2, 0.25) is 0 Å². The molecule has 1 aliphatic rings. The van der Waals surface area contributed by atoms with Crippen LogP contribution in [0.25, 0.3) is 0 Å². The molecule has 0 bridgehead atoms. The Kier molecular flexibility index (Phi) is 4.04. The quantitative estimate of drug-likeness (QED) is 0.901. The van der Waals surface area contributed by atoms with Gasteiger partial charge in [-0.1, -0.05) is 0 Å². The summed E-state index contributed by atoms with van der Waals surface area (Å²) in [5, 5.41) is 8.97. The average Bonchev–Trinajstić information content (AvgIpc) is 2.59. The summed E-state index contributed by atoms with van der Waals surface area (Å²) in [6, 6.07) is 3.73. The van der Waals surface area contributed by atoms with Crippen molar-refractivity contribution in [1.29, 1.82) is 0 Å². The van der Waals surface area contributed by atoms with Crippen molar-refractivity contribution < 1.29 is 19.4 Å². The summed E-state index contributed by atoms with van der Waals surface area (Å²) in [6.45, 7) is 0.655. The van der Waals surface area contributed by atoms with Gasteiger partial charge in [0, 0.05) is 12.1 Å². The molecule has 0 fully saturated rings. The molecule has 5 nitrogen and oxygen atoms in total. The molecule has 102 valence electrons. The van der Waals surface area contributed by atoms with Crippen LogP contribution in [-0.4, -0.2) is 37.6 Å². The van der Waals surface area contributed by atoms with Crippen molar-refractivity contribution in [2.45, 2.75) is 19.3 Å². The van der Waals surface area contributed by atoms with E-state index in [1.54, 1.807) is 14.2 Å². The highest BCUT2D eigenvalue weighted by molar-refractivity contribution is 6.10. The lowest BCUT2D eigenvalue weighted by Gasteiger charge is -2.14. The van der Waals surface area contributed by atoms with E-state index >= 15 is 0 Å². The van der Waals surface area contributed by atoms with E-state index < -0.39 is 5.97 Å². The van der Waals surface area contributed by atoms with E-state index in [4.69, 9.17) is 14.6 Å². The zero-order valence-electron chi connectivity index (χ0n) is 11.1. The largest absolute Gasteiger partial charge is 0.493 e. The third kappa shape index (κ3) is 2.86. The number of hydrogen-bond acceptors (Lipinski definition) is 4. The first-order valence-corrected chi connectivity index (χ1v) is 6.16. The Morgan fingerprint density at radius 1 is 1.32 bits per heavy atom. The highest BCUT2D eigenvalue weighted by Crippen LogP contribution is 2.32. The maximum Gasteiger partial charge on any atom is 0.309 e. The molecule has 0 aliphatic carbocycles. The zero-order chi connectivity index (χ0) is 13.8. The van der Waals surface area contributed by atoms with Crippen molar-refractivity contribution in [3.8, 4) is 11.5 Å². The summed E-state index contributed by atoms with van der Waals surface area (Å²) >= 11 is 0. The van der Waals surface area contributed by atoms with Gasteiger partial charge in [-0.15, -0.1) is 0 Å². The number of ether oxygens (including phenoxy) is 2. The lowest BCUT2D eigenvalue weighted by Crippen LogP contribution is -2.10. The van der Waals surface area contributed by atoms with Crippen LogP contribution in [0, 0.1) is 0 Å². The SMILES string of the molecule is COc1cc2c(cc1OC)C(CC(=O)O)=NCCC2. The van der Waals surface area contributed by atoms with Gasteiger partial charge in [-0.3, -0.25) is 9.79 Å². The van der Waals surface area contributed by atoms with Crippen LogP contribution in [0.4, 0.5) is 0 Å². The molecule has 0 aromatic heterocycles. The predicted molar refractivity (Wildman–Crippen MR) is 71.5 cm³/mol. The van der Waals surface area contributed by atoms with E-state index in [-0.39, 0.29) is 6.42 Å². The molecule has 0 unspecified atom stereocenters. The number of rotatable bonds is 4. The van der Waals surface area contributed by atoms with Gasteiger partial charge in [0.25, 0.3) is 0 Å². The average molecular weight is 263 g/mol. The Bertz CT molecular complexity index is 522. The number of aryl methyl sites for hydroxylation is 1. The molecule has 1 aromatic carbocycles. The van der Waals surface area contributed by atoms with Crippen LogP contribution < -0.4 is 9.47 Å². The third-order valence-electron chi connectivity index (χ3n) is 3.15. The van der Waals surface area contributed by atoms with Gasteiger partial charge in [0.2, 0.25) is 0 Å². The van der Waals surface area contributed by atoms with Gasteiger partial charge < -0.3 is 14.6 Å². The highest BCUT2D eigenvalue weighted by atomic mass is 16.5. The zero-order valence-corrected chi connectivity index (χ0v) is 11.1. The van der Waals surface area contributed by atoms with E-state index in [1.807, 2.05) is 12.1 Å². The van der Waals surface area contributed by atoms with Gasteiger partial charge >= 0.3 is 5.97 Å². The number of methoxy groups -OCH3 is 2. The van der Waals surface area contributed by atoms with E-state index in [0.29, 0.717) is 23.8 Å². The fourth-order valence-corrected chi connectivity index (χ4v) is 2.26. The van der Waals surface area contributed by atoms with E-state index in [1.165, 1.54) is 0 Å². The lowest BCUT2D eigenvalue weighted by atomic mass is 9.98. The second-order valence-corrected chi connectivity index (χ2v) is 4.37. The first-order valence-electron chi connectivity index (χ1n) is 6.16. The van der Waals surface area contributed by atoms with Gasteiger partial charge in [0.05, 0.1) is 26.4 Å². The van der Waals surface area contributed by atoms with Crippen LogP contribution >= 0.6 is 0 Å². The molecular weight excluding hydrogens is 246 g/mol. The third-order valence-corrected chi connectivity index (χ3v) is 3.15. The Hall–Kier alpha value is -2.04. The number of hydrogen-bond donors (Lipinski definition) is 1. The number of carbonyl (C=O) groups is 1. The van der Waals surface area contributed by atoms with Crippen molar-refractivity contribution in [1.82, 2.24) is 0 Å². The van der Waals surface area contributed by atoms with E-state index in [0.717, 1.165) is 24.0 Å². The highest BCUT2D eigenvalue weighted by Gasteiger charge is 2.19. The first kappa shape index (κ1) is 13.4. The molecule has 0 amide bonds. The molecule has 2 rings (SSSR count). The minimum Gasteiger partial charge on any atom is -0.493 e. The monoisotopic (exact) mass is 263 g/mol. The molecule has 1 aromatic rings. The molecule has 1 heterocycles. The summed E-state index contributed by atoms with van der Waals surface area (Å²) in [6.07, 6.45) is 1.70. The van der Waals surface area contributed by atoms with Crippen LogP contribution in [0.5, 0.6) is 11.5 Å². The van der Waals surface area contributed by atoms with Gasteiger partial charge in [-0.25, -0.2) is 0 Å². The van der Waals surface area contributed by atoms with Crippen LogP contribution in [-0.2, 0) is 11.2 Å². The summed E-state index contributed by atoms with van der Waals surface area (Å²) in [5.74, 6) is 0.389. The molecule has 0 saturated heterocycles. The standard InChI is InChI=1S/C14H17NO4/c1-18-12-6-9-4-3-5-15-11(8-14(16)17)10(9)7-13(12)19-2/h6-7H,3-5,8H2,1-2H3,(H,16,17). The number of aliphatic imine (C=N–C) groups is 1. The maximum atomic E-state index is 10.9. The fraction of sp³-hybridized carbons (Fsp3) is 0.429. The van der Waals surface area contributed by atoms with E-state index in [9.17, 15) is 4.79 Å². The Morgan fingerprint density at radius 2 is 2.00 bits per heavy atom. The van der Waals surface area contributed by atoms with Crippen LogP contribution in [0.3, 0.4) is 0 Å². The number of aliphatic carboxylic acids is 1. The van der Waals surface area contributed by atoms with Gasteiger partial charge in [0.15, 0.2) is 11.5 Å². The number of nitrogens with zero attached hydrogens (tertiary/aromatic N) is 1. The molecule has 1 N–H and O–H groups in total. The molecular formula is C14H17NO4. The van der Waals surface area contributed by atoms with Gasteiger partial charge in [-0.05, 0) is 30.5 Å². The number of carboxylic acids is 1. The molecule has 5 heteroatoms. The van der Waals surface area contributed by atoms with Crippen LogP contribution in [0.15, 0.2) is 17.1 Å². The molecule has 0 atom stereocenters. The Labute approximate surface area is 111 Å². The minimum atomic E-state index is -0.874. The molecule has 19 heavy (non-hydrogen) atoms. The minimum absolute atomic E-state index is 0.0670. The second-order valence-electron chi connectivity index (χ2n) is 4.37. The Morgan fingerprint density at radius 3 is 2.63 bits per heavy atom. The summed E-state index contributed by atoms with van der Waals surface area (Å²) < 4.78 is 10.5. The fourth-order valence-electron chi connectivity index (χ4n) is 2.26. The summed E-state index contributed by atoms with van der Waals surface area (Å²) in [4.78, 5) is 15.3. The smallest absolute Gasteiger partial charge is 0.309 e. The molecule has 0 radical (unpaired) electrons. The topological polar surface area (TPSA) is 68.1 Å². The van der Waals surface area contributed by atoms with Gasteiger partial charge in [0.1, 0.15) is 0 Å². The van der Waals surface area contributed by atoms with Crippen molar-refractivity contribution >= 4 is 11.7 Å². The van der Waals surface area contributed by atoms with Crippen molar-refractivity contribution in [2.75, 3.05) is 20.8 Å². The van der Waals surface area contributed by atoms with Crippen LogP contribution in [0.1, 0.15) is 24.0 Å². The molecule has 0 spiro atoms. The number of benzene rings is 1. The van der Waals surface area contributed by atoms with Crippen molar-refractivity contribution in [3.63, 3.8) is 0 Å². The van der Waals surface area contributed by atoms with E-state index in [2.05, 4.69) is 4.99 Å². The lowest BCUT2D eigenvalue weighted by molar-refractivity contribution is -0.135. The normalized spacial score (nSPS) is 14.1. The van der Waals surface area contributed by atoms with Gasteiger partial charge in [-0.2, -0.15) is 0 Å². The molecule has 0 saturated carbocycles. The number of fused-ring (bicyclic) bond motifs is 1. The summed E-state index contributed by atoms with van der Waals surface area (Å²) in [7, 11) is 3.15. The summed E-state index contributed by atoms with van der Waals surface area (Å²) in [5.41, 5.74) is 2.54. The second kappa shape index (κ2) is 5.73. The van der Waals surface area contributed by atoms with Crippen molar-refractivity contribution in [3.05, 3.63) is 23.3 Å².